The second kappa shape index (κ2) is 9.92. The fourth-order valence-corrected chi connectivity index (χ4v) is 4.51. The summed E-state index contributed by atoms with van der Waals surface area (Å²) in [6, 6.07) is 10.5. The minimum absolute atomic E-state index is 0.435. The van der Waals surface area contributed by atoms with Crippen molar-refractivity contribution in [1.29, 1.82) is 0 Å². The van der Waals surface area contributed by atoms with Crippen LogP contribution in [0.3, 0.4) is 0 Å². The van der Waals surface area contributed by atoms with Gasteiger partial charge in [-0.1, -0.05) is 0 Å². The van der Waals surface area contributed by atoms with E-state index in [1.807, 2.05) is 20.8 Å². The quantitative estimate of drug-likeness (QED) is 0.381. The molecule has 4 rings (SSSR count). The highest BCUT2D eigenvalue weighted by Crippen LogP contribution is 2.32. The van der Waals surface area contributed by atoms with Crippen LogP contribution in [0.2, 0.25) is 0 Å². The number of benzene rings is 1. The second-order valence-electron chi connectivity index (χ2n) is 7.45. The fourth-order valence-electron chi connectivity index (χ4n) is 3.39. The van der Waals surface area contributed by atoms with Crippen molar-refractivity contribution in [3.8, 4) is 23.1 Å². The van der Waals surface area contributed by atoms with Crippen LogP contribution >= 0.6 is 11.3 Å². The number of hydrazine groups is 1. The summed E-state index contributed by atoms with van der Waals surface area (Å²) in [6.07, 6.45) is 0.728. The van der Waals surface area contributed by atoms with Gasteiger partial charge < -0.3 is 13.9 Å². The van der Waals surface area contributed by atoms with Gasteiger partial charge >= 0.3 is 0 Å². The van der Waals surface area contributed by atoms with Crippen molar-refractivity contribution in [1.82, 2.24) is 20.8 Å². The lowest BCUT2D eigenvalue weighted by atomic mass is 10.1. The number of nitrogens with one attached hydrogen (secondary N) is 2. The van der Waals surface area contributed by atoms with Gasteiger partial charge in [-0.15, -0.1) is 11.3 Å². The molecule has 34 heavy (non-hydrogen) atoms. The normalized spacial score (nSPS) is 11.8. The fraction of sp³-hybridized carbons (Fsp3) is 0.250. The predicted octanol–water partition coefficient (Wildman–Crippen LogP) is 4.20. The molecule has 1 atom stereocenters. The average molecular weight is 481 g/mol. The van der Waals surface area contributed by atoms with Gasteiger partial charge in [0.15, 0.2) is 17.7 Å². The molecule has 3 aromatic heterocycles. The highest BCUT2D eigenvalue weighted by molar-refractivity contribution is 7.20. The maximum absolute atomic E-state index is 12.8. The van der Waals surface area contributed by atoms with E-state index in [1.54, 1.807) is 49.6 Å². The Kier molecular flexibility index (Phi) is 6.78. The lowest BCUT2D eigenvalue weighted by Crippen LogP contribution is -2.47. The minimum atomic E-state index is -0.828. The largest absolute Gasteiger partial charge is 0.494 e. The van der Waals surface area contributed by atoms with Crippen molar-refractivity contribution in [2.45, 2.75) is 33.8 Å². The van der Waals surface area contributed by atoms with Crippen LogP contribution in [0.25, 0.3) is 21.8 Å². The van der Waals surface area contributed by atoms with Crippen LogP contribution in [-0.4, -0.2) is 34.5 Å². The molecule has 0 fully saturated rings. The second-order valence-corrected chi connectivity index (χ2v) is 8.45. The minimum Gasteiger partial charge on any atom is -0.494 e. The molecule has 10 heteroatoms. The molecule has 0 radical (unpaired) electrons. The molecule has 0 spiro atoms. The Balaban J connectivity index is 1.42. The van der Waals surface area contributed by atoms with Gasteiger partial charge in [0.05, 0.1) is 23.4 Å². The molecular weight excluding hydrogens is 456 g/mol. The molecule has 3 heterocycles. The molecule has 9 nitrogen and oxygen atoms in total. The number of amides is 2. The summed E-state index contributed by atoms with van der Waals surface area (Å²) in [5.74, 6) is 1.30. The summed E-state index contributed by atoms with van der Waals surface area (Å²) in [5.41, 5.74) is 6.37. The molecule has 1 unspecified atom stereocenters. The number of carbonyl (C=O) groups excluding carboxylic acids is 2. The summed E-state index contributed by atoms with van der Waals surface area (Å²) in [5, 5.41) is 0.809. The number of thiophene rings is 1. The van der Waals surface area contributed by atoms with Crippen molar-refractivity contribution in [3.05, 3.63) is 58.8 Å². The molecule has 2 N–H and O–H groups in total. The van der Waals surface area contributed by atoms with Crippen LogP contribution < -0.4 is 20.3 Å². The average Bonchev–Trinajstić information content (AvgIpc) is 3.47. The first-order chi connectivity index (χ1) is 16.4. The van der Waals surface area contributed by atoms with Crippen LogP contribution in [0.5, 0.6) is 11.5 Å². The molecule has 176 valence electrons. The van der Waals surface area contributed by atoms with E-state index in [2.05, 4.69) is 20.8 Å². The van der Waals surface area contributed by atoms with E-state index in [0.717, 1.165) is 16.6 Å². The number of nitrogens with zero attached hydrogens (tertiary/aromatic N) is 2. The van der Waals surface area contributed by atoms with Crippen LogP contribution in [0.4, 0.5) is 0 Å². The highest BCUT2D eigenvalue weighted by Gasteiger charge is 2.22. The third kappa shape index (κ3) is 4.86. The van der Waals surface area contributed by atoms with E-state index in [-0.39, 0.29) is 0 Å². The maximum Gasteiger partial charge on any atom is 0.280 e. The first-order valence-electron chi connectivity index (χ1n) is 10.7. The Hall–Kier alpha value is -3.92. The van der Waals surface area contributed by atoms with Gasteiger partial charge in [-0.05, 0) is 69.7 Å². The SMILES string of the molecule is CCOc1ccc(OC(C)C(=O)NNC(=O)c2sc3nc(-c4ccco4)nc(C)c3c2C)cc1. The van der Waals surface area contributed by atoms with Gasteiger partial charge in [-0.3, -0.25) is 20.4 Å². The van der Waals surface area contributed by atoms with Gasteiger partial charge in [0.1, 0.15) is 16.3 Å². The number of hydrogen-bond donors (Lipinski definition) is 2. The molecule has 2 amide bonds. The van der Waals surface area contributed by atoms with Gasteiger partial charge in [-0.2, -0.15) is 0 Å². The number of ether oxygens (including phenoxy) is 2. The third-order valence-corrected chi connectivity index (χ3v) is 6.22. The molecule has 0 saturated carbocycles. The van der Waals surface area contributed by atoms with E-state index in [0.29, 0.717) is 39.4 Å². The Bertz CT molecular complexity index is 1320. The molecule has 0 aliphatic heterocycles. The van der Waals surface area contributed by atoms with Crippen molar-refractivity contribution >= 4 is 33.4 Å². The Morgan fingerprint density at radius 3 is 2.50 bits per heavy atom. The number of aromatic nitrogens is 2. The monoisotopic (exact) mass is 480 g/mol. The zero-order valence-electron chi connectivity index (χ0n) is 19.2. The zero-order valence-corrected chi connectivity index (χ0v) is 20.0. The summed E-state index contributed by atoms with van der Waals surface area (Å²) >= 11 is 1.23. The molecular formula is C24H24N4O5S. The van der Waals surface area contributed by atoms with Gasteiger partial charge in [-0.25, -0.2) is 9.97 Å². The number of carbonyl (C=O) groups is 2. The summed E-state index contributed by atoms with van der Waals surface area (Å²) in [7, 11) is 0. The predicted molar refractivity (Wildman–Crippen MR) is 128 cm³/mol. The van der Waals surface area contributed by atoms with Gasteiger partial charge in [0.2, 0.25) is 0 Å². The van der Waals surface area contributed by atoms with Crippen LogP contribution in [0, 0.1) is 13.8 Å². The number of fused-ring (bicyclic) bond motifs is 1. The summed E-state index contributed by atoms with van der Waals surface area (Å²) in [4.78, 5) is 35.4. The molecule has 0 aliphatic rings. The van der Waals surface area contributed by atoms with E-state index in [4.69, 9.17) is 13.9 Å². The Morgan fingerprint density at radius 2 is 1.82 bits per heavy atom. The lowest BCUT2D eigenvalue weighted by Gasteiger charge is -2.15. The van der Waals surface area contributed by atoms with E-state index in [9.17, 15) is 9.59 Å². The van der Waals surface area contributed by atoms with Crippen molar-refractivity contribution < 1.29 is 23.5 Å². The van der Waals surface area contributed by atoms with E-state index < -0.39 is 17.9 Å². The van der Waals surface area contributed by atoms with Crippen LogP contribution in [-0.2, 0) is 4.79 Å². The smallest absolute Gasteiger partial charge is 0.280 e. The van der Waals surface area contributed by atoms with Crippen LogP contribution in [0.15, 0.2) is 47.1 Å². The molecule has 0 saturated heterocycles. The lowest BCUT2D eigenvalue weighted by molar-refractivity contribution is -0.128. The molecule has 0 aliphatic carbocycles. The van der Waals surface area contributed by atoms with E-state index in [1.165, 1.54) is 11.3 Å². The van der Waals surface area contributed by atoms with Crippen molar-refractivity contribution in [2.75, 3.05) is 6.61 Å². The van der Waals surface area contributed by atoms with Gasteiger partial charge in [0.25, 0.3) is 11.8 Å². The van der Waals surface area contributed by atoms with Crippen molar-refractivity contribution in [2.24, 2.45) is 0 Å². The number of furan rings is 1. The highest BCUT2D eigenvalue weighted by atomic mass is 32.1. The number of rotatable bonds is 7. The molecule has 0 bridgehead atoms. The van der Waals surface area contributed by atoms with Crippen LogP contribution in [0.1, 0.15) is 34.8 Å². The maximum atomic E-state index is 12.8. The van der Waals surface area contributed by atoms with Crippen molar-refractivity contribution in [3.63, 3.8) is 0 Å². The molecule has 1 aromatic carbocycles. The van der Waals surface area contributed by atoms with Gasteiger partial charge in [0, 0.05) is 5.39 Å². The third-order valence-electron chi connectivity index (χ3n) is 5.03. The number of hydrogen-bond acceptors (Lipinski definition) is 8. The number of aryl methyl sites for hydroxylation is 2. The standard InChI is InChI=1S/C24H24N4O5S/c1-5-31-16-8-10-17(11-9-16)33-15(4)22(29)27-28-23(30)20-13(2)19-14(3)25-21(26-24(19)34-20)18-7-6-12-32-18/h6-12,15H,5H2,1-4H3,(H,27,29)(H,28,30). The first-order valence-corrected chi connectivity index (χ1v) is 11.5. The zero-order chi connectivity index (χ0) is 24.2. The topological polar surface area (TPSA) is 116 Å². The summed E-state index contributed by atoms with van der Waals surface area (Å²) in [6.45, 7) is 7.75. The molecule has 4 aromatic rings. The first kappa shape index (κ1) is 23.2. The Labute approximate surface area is 200 Å². The van der Waals surface area contributed by atoms with E-state index >= 15 is 0 Å². The summed E-state index contributed by atoms with van der Waals surface area (Å²) < 4.78 is 16.4. The Morgan fingerprint density at radius 1 is 1.09 bits per heavy atom.